The van der Waals surface area contributed by atoms with Crippen LogP contribution in [0.1, 0.15) is 54.4 Å². The van der Waals surface area contributed by atoms with Crippen molar-refractivity contribution in [2.45, 2.75) is 54.4 Å². The second-order valence-electron chi connectivity index (χ2n) is 5.04. The van der Waals surface area contributed by atoms with Crippen molar-refractivity contribution in [2.75, 3.05) is 0 Å². The Morgan fingerprint density at radius 1 is 1.36 bits per heavy atom. The average molecular weight is 196 g/mol. The van der Waals surface area contributed by atoms with Crippen LogP contribution in [0.5, 0.6) is 0 Å². The van der Waals surface area contributed by atoms with E-state index in [1.54, 1.807) is 0 Å². The zero-order chi connectivity index (χ0) is 11.4. The molecule has 0 saturated carbocycles. The molecule has 0 rings (SSSR count). The predicted molar refractivity (Wildman–Crippen MR) is 62.3 cm³/mol. The van der Waals surface area contributed by atoms with Crippen LogP contribution >= 0.6 is 0 Å². The van der Waals surface area contributed by atoms with Gasteiger partial charge < -0.3 is 0 Å². The first-order valence-electron chi connectivity index (χ1n) is 5.49. The van der Waals surface area contributed by atoms with Gasteiger partial charge in [-0.3, -0.25) is 4.79 Å². The van der Waals surface area contributed by atoms with Crippen molar-refractivity contribution >= 4 is 5.78 Å². The summed E-state index contributed by atoms with van der Waals surface area (Å²) in [5, 5.41) is 0. The van der Waals surface area contributed by atoms with Crippen LogP contribution in [0, 0.1) is 11.3 Å². The summed E-state index contributed by atoms with van der Waals surface area (Å²) in [5.74, 6) is 0.577. The van der Waals surface area contributed by atoms with Gasteiger partial charge in [-0.25, -0.2) is 0 Å². The summed E-state index contributed by atoms with van der Waals surface area (Å²) in [4.78, 5) is 12.0. The third kappa shape index (κ3) is 4.08. The van der Waals surface area contributed by atoms with E-state index in [9.17, 15) is 4.79 Å². The van der Waals surface area contributed by atoms with Crippen LogP contribution in [0.25, 0.3) is 0 Å². The second kappa shape index (κ2) is 5.33. The van der Waals surface area contributed by atoms with Gasteiger partial charge in [0.2, 0.25) is 0 Å². The minimum atomic E-state index is -0.202. The van der Waals surface area contributed by atoms with Gasteiger partial charge in [0.25, 0.3) is 0 Å². The number of carbonyl (C=O) groups excluding carboxylic acids is 1. The van der Waals surface area contributed by atoms with Crippen LogP contribution in [0.3, 0.4) is 0 Å². The molecule has 0 fully saturated rings. The third-order valence-corrected chi connectivity index (χ3v) is 2.75. The van der Waals surface area contributed by atoms with Crippen LogP contribution in [-0.4, -0.2) is 5.78 Å². The van der Waals surface area contributed by atoms with Crippen LogP contribution in [-0.2, 0) is 4.79 Å². The summed E-state index contributed by atoms with van der Waals surface area (Å²) in [7, 11) is 0. The van der Waals surface area contributed by atoms with E-state index in [4.69, 9.17) is 0 Å². The highest BCUT2D eigenvalue weighted by molar-refractivity contribution is 5.86. The topological polar surface area (TPSA) is 17.1 Å². The molecule has 1 nitrogen and oxygen atoms in total. The number of ketones is 1. The molecule has 0 spiro atoms. The van der Waals surface area contributed by atoms with Gasteiger partial charge in [0.05, 0.1) is 0 Å². The van der Waals surface area contributed by atoms with E-state index in [0.717, 1.165) is 12.8 Å². The molecule has 0 aromatic rings. The lowest BCUT2D eigenvalue weighted by Crippen LogP contribution is -2.28. The third-order valence-electron chi connectivity index (χ3n) is 2.75. The Bertz CT molecular complexity index is 219. The number of hydrogen-bond donors (Lipinski definition) is 0. The molecule has 0 aliphatic heterocycles. The van der Waals surface area contributed by atoms with Crippen molar-refractivity contribution < 1.29 is 4.79 Å². The highest BCUT2D eigenvalue weighted by Crippen LogP contribution is 2.27. The summed E-state index contributed by atoms with van der Waals surface area (Å²) in [5.41, 5.74) is 1.09. The summed E-state index contributed by atoms with van der Waals surface area (Å²) < 4.78 is 0. The van der Waals surface area contributed by atoms with Gasteiger partial charge >= 0.3 is 0 Å². The molecule has 1 atom stereocenters. The average Bonchev–Trinajstić information content (AvgIpc) is 2.12. The number of Topliss-reactive ketones (excluding diaryl/α,β-unsaturated/α-hetero) is 1. The van der Waals surface area contributed by atoms with Gasteiger partial charge in [0, 0.05) is 11.3 Å². The van der Waals surface area contributed by atoms with Crippen molar-refractivity contribution in [3.05, 3.63) is 11.6 Å². The lowest BCUT2D eigenvalue weighted by atomic mass is 9.78. The number of allylic oxidation sites excluding steroid dienone is 2. The van der Waals surface area contributed by atoms with Crippen molar-refractivity contribution in [3.8, 4) is 0 Å². The summed E-state index contributed by atoms with van der Waals surface area (Å²) in [6.45, 7) is 12.3. The quantitative estimate of drug-likeness (QED) is 0.608. The number of carbonyl (C=O) groups is 1. The molecule has 0 bridgehead atoms. The molecular weight excluding hydrogens is 172 g/mol. The molecule has 0 N–H and O–H groups in total. The van der Waals surface area contributed by atoms with Gasteiger partial charge in [0.15, 0.2) is 0 Å². The lowest BCUT2D eigenvalue weighted by molar-refractivity contribution is -0.130. The van der Waals surface area contributed by atoms with Gasteiger partial charge in [-0.15, -0.1) is 0 Å². The Kier molecular flexibility index (Phi) is 5.11. The Labute approximate surface area is 88.6 Å². The predicted octanol–water partition coefficient (Wildman–Crippen LogP) is 3.98. The van der Waals surface area contributed by atoms with Crippen molar-refractivity contribution in [3.63, 3.8) is 0 Å². The molecular formula is C13H24O. The first-order chi connectivity index (χ1) is 6.31. The molecule has 82 valence electrons. The fraction of sp³-hybridized carbons (Fsp3) is 0.769. The van der Waals surface area contributed by atoms with E-state index >= 15 is 0 Å². The van der Waals surface area contributed by atoms with E-state index in [-0.39, 0.29) is 11.3 Å². The van der Waals surface area contributed by atoms with Crippen molar-refractivity contribution in [2.24, 2.45) is 11.3 Å². The molecule has 1 heteroatoms. The van der Waals surface area contributed by atoms with Gasteiger partial charge in [-0.2, -0.15) is 0 Å². The SMILES string of the molecule is CCC(C)C(=O)C(C)(C)CC=C(C)C. The monoisotopic (exact) mass is 196 g/mol. The summed E-state index contributed by atoms with van der Waals surface area (Å²) in [6, 6.07) is 0. The van der Waals surface area contributed by atoms with Crippen LogP contribution in [0.4, 0.5) is 0 Å². The molecule has 0 radical (unpaired) electrons. The van der Waals surface area contributed by atoms with E-state index < -0.39 is 0 Å². The van der Waals surface area contributed by atoms with E-state index in [1.807, 2.05) is 20.8 Å². The minimum absolute atomic E-state index is 0.190. The van der Waals surface area contributed by atoms with Crippen molar-refractivity contribution in [1.29, 1.82) is 0 Å². The number of hydrogen-bond acceptors (Lipinski definition) is 1. The smallest absolute Gasteiger partial charge is 0.141 e. The summed E-state index contributed by atoms with van der Waals surface area (Å²) >= 11 is 0. The first kappa shape index (κ1) is 13.4. The fourth-order valence-electron chi connectivity index (χ4n) is 1.41. The Hall–Kier alpha value is -0.590. The molecule has 1 unspecified atom stereocenters. The van der Waals surface area contributed by atoms with E-state index in [2.05, 4.69) is 26.8 Å². The molecule has 0 aromatic heterocycles. The summed E-state index contributed by atoms with van der Waals surface area (Å²) in [6.07, 6.45) is 3.95. The lowest BCUT2D eigenvalue weighted by Gasteiger charge is -2.25. The number of rotatable bonds is 5. The molecule has 0 amide bonds. The minimum Gasteiger partial charge on any atom is -0.299 e. The zero-order valence-corrected chi connectivity index (χ0v) is 10.5. The van der Waals surface area contributed by atoms with E-state index in [0.29, 0.717) is 5.78 Å². The Morgan fingerprint density at radius 3 is 2.21 bits per heavy atom. The molecule has 0 heterocycles. The largest absolute Gasteiger partial charge is 0.299 e. The molecule has 0 aromatic carbocycles. The van der Waals surface area contributed by atoms with Crippen LogP contribution in [0.15, 0.2) is 11.6 Å². The highest BCUT2D eigenvalue weighted by Gasteiger charge is 2.29. The Balaban J connectivity index is 4.45. The van der Waals surface area contributed by atoms with Crippen LogP contribution in [0.2, 0.25) is 0 Å². The van der Waals surface area contributed by atoms with Gasteiger partial charge in [-0.1, -0.05) is 39.3 Å². The normalized spacial score (nSPS) is 13.6. The second-order valence-corrected chi connectivity index (χ2v) is 5.04. The van der Waals surface area contributed by atoms with Gasteiger partial charge in [-0.05, 0) is 26.7 Å². The van der Waals surface area contributed by atoms with Crippen molar-refractivity contribution in [1.82, 2.24) is 0 Å². The molecule has 14 heavy (non-hydrogen) atoms. The Morgan fingerprint density at radius 2 is 1.86 bits per heavy atom. The van der Waals surface area contributed by atoms with E-state index in [1.165, 1.54) is 5.57 Å². The maximum absolute atomic E-state index is 12.0. The maximum Gasteiger partial charge on any atom is 0.141 e. The fourth-order valence-corrected chi connectivity index (χ4v) is 1.41. The standard InChI is InChI=1S/C13H24O/c1-7-11(4)12(14)13(5,6)9-8-10(2)3/h8,11H,7,9H2,1-6H3. The zero-order valence-electron chi connectivity index (χ0n) is 10.5. The van der Waals surface area contributed by atoms with Gasteiger partial charge in [0.1, 0.15) is 5.78 Å². The molecule has 0 aliphatic carbocycles. The first-order valence-corrected chi connectivity index (χ1v) is 5.49. The van der Waals surface area contributed by atoms with Crippen LogP contribution < -0.4 is 0 Å². The highest BCUT2D eigenvalue weighted by atomic mass is 16.1. The maximum atomic E-state index is 12.0. The molecule has 0 aliphatic rings. The molecule has 0 saturated heterocycles.